The van der Waals surface area contributed by atoms with E-state index in [1.54, 1.807) is 0 Å². The van der Waals surface area contributed by atoms with Gasteiger partial charge in [0.15, 0.2) is 5.16 Å². The molecule has 20 heavy (non-hydrogen) atoms. The lowest BCUT2D eigenvalue weighted by Gasteiger charge is -2.14. The van der Waals surface area contributed by atoms with E-state index in [-0.39, 0.29) is 11.7 Å². The summed E-state index contributed by atoms with van der Waals surface area (Å²) in [4.78, 5) is 10.6. The van der Waals surface area contributed by atoms with Gasteiger partial charge in [-0.15, -0.1) is 10.2 Å². The fraction of sp³-hybridized carbons (Fsp3) is 0.357. The molecule has 0 saturated carbocycles. The summed E-state index contributed by atoms with van der Waals surface area (Å²) in [5, 5.41) is 17.7. The molecule has 0 aliphatic heterocycles. The van der Waals surface area contributed by atoms with Crippen molar-refractivity contribution in [3.63, 3.8) is 0 Å². The van der Waals surface area contributed by atoms with Crippen molar-refractivity contribution in [3.05, 3.63) is 41.7 Å². The zero-order chi connectivity index (χ0) is 14.5. The summed E-state index contributed by atoms with van der Waals surface area (Å²) in [5.74, 6) is 0.183. The number of rotatable bonds is 6. The number of hydrogen-bond donors (Lipinski definition) is 1. The van der Waals surface area contributed by atoms with E-state index in [0.29, 0.717) is 5.16 Å². The van der Waals surface area contributed by atoms with Crippen molar-refractivity contribution < 1.29 is 9.90 Å². The van der Waals surface area contributed by atoms with E-state index in [0.717, 1.165) is 12.2 Å². The second-order valence-corrected chi connectivity index (χ2v) is 5.40. The summed E-state index contributed by atoms with van der Waals surface area (Å²) >= 11 is 1.19. The molecule has 1 heterocycles. The highest BCUT2D eigenvalue weighted by Gasteiger charge is 2.20. The van der Waals surface area contributed by atoms with Gasteiger partial charge in [-0.25, -0.2) is 0 Å². The van der Waals surface area contributed by atoms with E-state index < -0.39 is 5.97 Å². The largest absolute Gasteiger partial charge is 0.481 e. The normalized spacial score (nSPS) is 12.3. The van der Waals surface area contributed by atoms with E-state index in [1.165, 1.54) is 17.3 Å². The highest BCUT2D eigenvalue weighted by molar-refractivity contribution is 7.99. The number of thioether (sulfide) groups is 1. The fourth-order valence-electron chi connectivity index (χ4n) is 2.13. The van der Waals surface area contributed by atoms with Crippen LogP contribution in [0.15, 0.2) is 35.5 Å². The maximum atomic E-state index is 10.6. The maximum Gasteiger partial charge on any atom is 0.313 e. The van der Waals surface area contributed by atoms with Crippen LogP contribution in [0.2, 0.25) is 0 Å². The summed E-state index contributed by atoms with van der Waals surface area (Å²) in [6, 6.07) is 10.2. The van der Waals surface area contributed by atoms with Crippen molar-refractivity contribution in [2.75, 3.05) is 5.75 Å². The molecule has 1 atom stereocenters. The third-order valence-electron chi connectivity index (χ3n) is 3.12. The topological polar surface area (TPSA) is 68.0 Å². The average Bonchev–Trinajstić information content (AvgIpc) is 2.80. The predicted molar refractivity (Wildman–Crippen MR) is 77.9 cm³/mol. The average molecular weight is 291 g/mol. The first-order valence-electron chi connectivity index (χ1n) is 6.42. The maximum absolute atomic E-state index is 10.6. The molecule has 1 N–H and O–H groups in total. The molecule has 0 radical (unpaired) electrons. The van der Waals surface area contributed by atoms with Gasteiger partial charge >= 0.3 is 5.97 Å². The highest BCUT2D eigenvalue weighted by Crippen LogP contribution is 2.28. The fourth-order valence-corrected chi connectivity index (χ4v) is 2.77. The van der Waals surface area contributed by atoms with Crippen LogP contribution < -0.4 is 0 Å². The van der Waals surface area contributed by atoms with Gasteiger partial charge in [0.05, 0.1) is 5.75 Å². The molecule has 5 nitrogen and oxygen atoms in total. The third-order valence-corrected chi connectivity index (χ3v) is 4.12. The summed E-state index contributed by atoms with van der Waals surface area (Å²) in [7, 11) is 1.88. The summed E-state index contributed by atoms with van der Waals surface area (Å²) in [6.45, 7) is 2.11. The van der Waals surface area contributed by atoms with Crippen LogP contribution in [0.4, 0.5) is 0 Å². The zero-order valence-corrected chi connectivity index (χ0v) is 12.3. The van der Waals surface area contributed by atoms with Gasteiger partial charge in [0.2, 0.25) is 0 Å². The Balaban J connectivity index is 2.25. The Kier molecular flexibility index (Phi) is 4.79. The molecule has 1 aromatic carbocycles. The number of hydrogen-bond acceptors (Lipinski definition) is 4. The molecular formula is C14H17N3O2S. The van der Waals surface area contributed by atoms with Gasteiger partial charge in [-0.1, -0.05) is 49.0 Å². The summed E-state index contributed by atoms with van der Waals surface area (Å²) in [6.07, 6.45) is 0.916. The van der Waals surface area contributed by atoms with Crippen molar-refractivity contribution in [3.8, 4) is 0 Å². The molecule has 1 aromatic heterocycles. The molecular weight excluding hydrogens is 274 g/mol. The molecule has 0 bridgehead atoms. The smallest absolute Gasteiger partial charge is 0.313 e. The lowest BCUT2D eigenvalue weighted by atomic mass is 9.96. The molecule has 0 amide bonds. The minimum Gasteiger partial charge on any atom is -0.481 e. The second kappa shape index (κ2) is 6.56. The van der Waals surface area contributed by atoms with Gasteiger partial charge < -0.3 is 9.67 Å². The van der Waals surface area contributed by atoms with Crippen LogP contribution >= 0.6 is 11.8 Å². The van der Waals surface area contributed by atoms with Crippen molar-refractivity contribution in [2.24, 2.45) is 7.05 Å². The van der Waals surface area contributed by atoms with Crippen LogP contribution in [0.25, 0.3) is 0 Å². The van der Waals surface area contributed by atoms with Crippen LogP contribution in [-0.4, -0.2) is 31.6 Å². The Bertz CT molecular complexity index is 583. The van der Waals surface area contributed by atoms with Gasteiger partial charge in [-0.05, 0) is 12.0 Å². The first-order valence-corrected chi connectivity index (χ1v) is 7.40. The van der Waals surface area contributed by atoms with Gasteiger partial charge in [-0.3, -0.25) is 4.79 Å². The van der Waals surface area contributed by atoms with Gasteiger partial charge in [-0.2, -0.15) is 0 Å². The van der Waals surface area contributed by atoms with Crippen LogP contribution in [-0.2, 0) is 11.8 Å². The van der Waals surface area contributed by atoms with E-state index in [4.69, 9.17) is 5.11 Å². The van der Waals surface area contributed by atoms with E-state index in [9.17, 15) is 4.79 Å². The number of nitrogens with zero attached hydrogens (tertiary/aromatic N) is 3. The van der Waals surface area contributed by atoms with E-state index in [2.05, 4.69) is 29.3 Å². The molecule has 0 fully saturated rings. The highest BCUT2D eigenvalue weighted by atomic mass is 32.2. The molecule has 0 aliphatic rings. The lowest BCUT2D eigenvalue weighted by Crippen LogP contribution is -2.08. The van der Waals surface area contributed by atoms with Crippen LogP contribution in [0, 0.1) is 0 Å². The number of carboxylic acids is 1. The Morgan fingerprint density at radius 1 is 1.35 bits per heavy atom. The van der Waals surface area contributed by atoms with Gasteiger partial charge in [0, 0.05) is 13.0 Å². The molecule has 0 saturated heterocycles. The quantitative estimate of drug-likeness (QED) is 0.828. The molecule has 1 unspecified atom stereocenters. The van der Waals surface area contributed by atoms with Crippen molar-refractivity contribution in [2.45, 2.75) is 24.4 Å². The van der Waals surface area contributed by atoms with Crippen LogP contribution in [0.1, 0.15) is 30.7 Å². The second-order valence-electron chi connectivity index (χ2n) is 4.45. The van der Waals surface area contributed by atoms with Gasteiger partial charge in [0.1, 0.15) is 5.82 Å². The number of aromatic nitrogens is 3. The van der Waals surface area contributed by atoms with Crippen LogP contribution in [0.3, 0.4) is 0 Å². The van der Waals surface area contributed by atoms with E-state index >= 15 is 0 Å². The molecule has 2 aromatic rings. The standard InChI is InChI=1S/C14H17N3O2S/c1-3-11(10-7-5-4-6-8-10)13-15-16-14(17(13)2)20-9-12(18)19/h4-8,11H,3,9H2,1-2H3,(H,18,19). The van der Waals surface area contributed by atoms with Crippen molar-refractivity contribution >= 4 is 17.7 Å². The SMILES string of the molecule is CCC(c1ccccc1)c1nnc(SCC(=O)O)n1C. The number of benzene rings is 1. The Hall–Kier alpha value is -1.82. The minimum atomic E-state index is -0.852. The first kappa shape index (κ1) is 14.6. The zero-order valence-electron chi connectivity index (χ0n) is 11.5. The predicted octanol–water partition coefficient (Wildman–Crippen LogP) is 2.53. The molecule has 0 spiro atoms. The summed E-state index contributed by atoms with van der Waals surface area (Å²) < 4.78 is 1.88. The minimum absolute atomic E-state index is 0.00585. The Morgan fingerprint density at radius 3 is 2.65 bits per heavy atom. The first-order chi connectivity index (χ1) is 9.63. The van der Waals surface area contributed by atoms with Gasteiger partial charge in [0.25, 0.3) is 0 Å². The monoisotopic (exact) mass is 291 g/mol. The number of carbonyl (C=O) groups is 1. The number of carboxylic acid groups (broad SMARTS) is 1. The Morgan fingerprint density at radius 2 is 2.05 bits per heavy atom. The number of aliphatic carboxylic acids is 1. The third kappa shape index (κ3) is 3.19. The lowest BCUT2D eigenvalue weighted by molar-refractivity contribution is -0.133. The van der Waals surface area contributed by atoms with Crippen molar-refractivity contribution in [1.29, 1.82) is 0 Å². The van der Waals surface area contributed by atoms with Crippen molar-refractivity contribution in [1.82, 2.24) is 14.8 Å². The van der Waals surface area contributed by atoms with E-state index in [1.807, 2.05) is 29.8 Å². The van der Waals surface area contributed by atoms with Crippen LogP contribution in [0.5, 0.6) is 0 Å². The molecule has 6 heteroatoms. The molecule has 2 rings (SSSR count). The molecule has 0 aliphatic carbocycles. The summed E-state index contributed by atoms with van der Waals surface area (Å²) in [5.41, 5.74) is 1.19. The Labute approximate surface area is 122 Å². The molecule has 106 valence electrons.